The third-order valence-electron chi connectivity index (χ3n) is 6.34. The molecule has 0 radical (unpaired) electrons. The number of rotatable bonds is 10. The lowest BCUT2D eigenvalue weighted by Gasteiger charge is -2.20. The molecule has 2 aromatic rings. The Labute approximate surface area is 185 Å². The normalized spacial score (nSPS) is 16.2. The maximum Gasteiger partial charge on any atom is 0.135 e. The van der Waals surface area contributed by atoms with E-state index in [4.69, 9.17) is 0 Å². The van der Waals surface area contributed by atoms with Gasteiger partial charge in [0.15, 0.2) is 0 Å². The number of nitrogens with zero attached hydrogens (tertiary/aromatic N) is 1. The summed E-state index contributed by atoms with van der Waals surface area (Å²) in [5.41, 5.74) is 1.25. The molecule has 1 aliphatic rings. The topological polar surface area (TPSA) is 20.3 Å². The van der Waals surface area contributed by atoms with E-state index in [-0.39, 0.29) is 0 Å². The van der Waals surface area contributed by atoms with E-state index in [0.717, 1.165) is 12.8 Å². The predicted octanol–water partition coefficient (Wildman–Crippen LogP) is 8.18. The van der Waals surface area contributed by atoms with Crippen LogP contribution in [-0.2, 0) is 4.79 Å². The number of ketones is 1. The fourth-order valence-electron chi connectivity index (χ4n) is 4.34. The SMILES string of the molecule is CCCCCCCCCCC1CCCCC1=O.CN(C)c1ccc2ccccc2c1. The van der Waals surface area contributed by atoms with Crippen molar-refractivity contribution in [3.8, 4) is 0 Å². The molecule has 0 aromatic heterocycles. The van der Waals surface area contributed by atoms with Crippen LogP contribution in [0.15, 0.2) is 42.5 Å². The van der Waals surface area contributed by atoms with Crippen LogP contribution in [0.3, 0.4) is 0 Å². The van der Waals surface area contributed by atoms with E-state index in [1.165, 1.54) is 87.1 Å². The predicted molar refractivity (Wildman–Crippen MR) is 132 cm³/mol. The molecule has 1 fully saturated rings. The van der Waals surface area contributed by atoms with Gasteiger partial charge in [-0.1, -0.05) is 95.0 Å². The Hall–Kier alpha value is -1.83. The van der Waals surface area contributed by atoms with E-state index >= 15 is 0 Å². The summed E-state index contributed by atoms with van der Waals surface area (Å²) >= 11 is 0. The Morgan fingerprint density at radius 3 is 2.17 bits per heavy atom. The lowest BCUT2D eigenvalue weighted by molar-refractivity contribution is -0.124. The molecule has 3 rings (SSSR count). The van der Waals surface area contributed by atoms with Crippen molar-refractivity contribution in [2.75, 3.05) is 19.0 Å². The highest BCUT2D eigenvalue weighted by Crippen LogP contribution is 2.25. The monoisotopic (exact) mass is 409 g/mol. The maximum absolute atomic E-state index is 11.6. The van der Waals surface area contributed by atoms with Gasteiger partial charge in [-0.3, -0.25) is 4.79 Å². The molecule has 0 N–H and O–H groups in total. The number of benzene rings is 2. The average molecular weight is 410 g/mol. The number of fused-ring (bicyclic) bond motifs is 1. The van der Waals surface area contributed by atoms with Gasteiger partial charge in [-0.05, 0) is 42.2 Å². The molecule has 0 heterocycles. The van der Waals surface area contributed by atoms with Crippen molar-refractivity contribution in [3.63, 3.8) is 0 Å². The van der Waals surface area contributed by atoms with Crippen LogP contribution in [0.1, 0.15) is 90.4 Å². The molecule has 0 saturated heterocycles. The zero-order valence-corrected chi connectivity index (χ0v) is 19.7. The summed E-state index contributed by atoms with van der Waals surface area (Å²) in [4.78, 5) is 13.7. The van der Waals surface area contributed by atoms with Crippen LogP contribution in [0.2, 0.25) is 0 Å². The maximum atomic E-state index is 11.6. The molecule has 1 saturated carbocycles. The van der Waals surface area contributed by atoms with Crippen LogP contribution >= 0.6 is 0 Å². The standard InChI is InChI=1S/C16H30O.C12H13N/c1-2-3-4-5-6-7-8-9-12-15-13-10-11-14-16(15)17;1-13(2)12-8-7-10-5-3-4-6-11(10)9-12/h15H,2-14H2,1H3;3-9H,1-2H3. The molecule has 0 amide bonds. The minimum Gasteiger partial charge on any atom is -0.378 e. The zero-order valence-electron chi connectivity index (χ0n) is 19.7. The van der Waals surface area contributed by atoms with Gasteiger partial charge in [0.05, 0.1) is 0 Å². The van der Waals surface area contributed by atoms with E-state index in [0.29, 0.717) is 11.7 Å². The zero-order chi connectivity index (χ0) is 21.6. The molecule has 2 aromatic carbocycles. The van der Waals surface area contributed by atoms with Crippen molar-refractivity contribution in [3.05, 3.63) is 42.5 Å². The average Bonchev–Trinajstić information content (AvgIpc) is 2.77. The Kier molecular flexibility index (Phi) is 11.6. The second kappa shape index (κ2) is 14.2. The van der Waals surface area contributed by atoms with Crippen molar-refractivity contribution in [2.24, 2.45) is 5.92 Å². The Morgan fingerprint density at radius 2 is 1.50 bits per heavy atom. The van der Waals surface area contributed by atoms with Gasteiger partial charge < -0.3 is 4.90 Å². The number of anilines is 1. The van der Waals surface area contributed by atoms with Crippen molar-refractivity contribution >= 4 is 22.2 Å². The van der Waals surface area contributed by atoms with Crippen molar-refractivity contribution in [1.29, 1.82) is 0 Å². The molecule has 1 aliphatic carbocycles. The molecule has 0 spiro atoms. The first-order chi connectivity index (χ1) is 14.6. The molecule has 2 nitrogen and oxygen atoms in total. The molecule has 30 heavy (non-hydrogen) atoms. The first kappa shape index (κ1) is 24.4. The van der Waals surface area contributed by atoms with Crippen LogP contribution in [0.25, 0.3) is 10.8 Å². The van der Waals surface area contributed by atoms with Gasteiger partial charge in [0, 0.05) is 32.1 Å². The number of carbonyl (C=O) groups excluding carboxylic acids is 1. The highest BCUT2D eigenvalue weighted by Gasteiger charge is 2.21. The first-order valence-corrected chi connectivity index (χ1v) is 12.3. The van der Waals surface area contributed by atoms with Crippen LogP contribution in [0.4, 0.5) is 5.69 Å². The molecule has 0 bridgehead atoms. The van der Waals surface area contributed by atoms with Gasteiger partial charge in [0.1, 0.15) is 5.78 Å². The van der Waals surface area contributed by atoms with E-state index in [9.17, 15) is 4.79 Å². The lowest BCUT2D eigenvalue weighted by Crippen LogP contribution is -2.18. The number of hydrogen-bond acceptors (Lipinski definition) is 2. The molecule has 1 unspecified atom stereocenters. The van der Waals surface area contributed by atoms with E-state index in [1.54, 1.807) is 0 Å². The third kappa shape index (κ3) is 8.90. The van der Waals surface area contributed by atoms with E-state index in [1.807, 2.05) is 0 Å². The van der Waals surface area contributed by atoms with Crippen LogP contribution in [0.5, 0.6) is 0 Å². The highest BCUT2D eigenvalue weighted by molar-refractivity contribution is 5.85. The number of hydrogen-bond donors (Lipinski definition) is 0. The smallest absolute Gasteiger partial charge is 0.135 e. The lowest BCUT2D eigenvalue weighted by atomic mass is 9.84. The van der Waals surface area contributed by atoms with Gasteiger partial charge in [-0.2, -0.15) is 0 Å². The van der Waals surface area contributed by atoms with Gasteiger partial charge in [-0.25, -0.2) is 0 Å². The Bertz CT molecular complexity index is 736. The summed E-state index contributed by atoms with van der Waals surface area (Å²) in [7, 11) is 4.12. The number of unbranched alkanes of at least 4 members (excludes halogenated alkanes) is 7. The molecule has 0 aliphatic heterocycles. The van der Waals surface area contributed by atoms with Crippen molar-refractivity contribution in [2.45, 2.75) is 90.4 Å². The quantitative estimate of drug-likeness (QED) is 0.369. The number of carbonyl (C=O) groups is 1. The van der Waals surface area contributed by atoms with Gasteiger partial charge in [0.25, 0.3) is 0 Å². The Morgan fingerprint density at radius 1 is 0.833 bits per heavy atom. The molecular weight excluding hydrogens is 366 g/mol. The molecule has 166 valence electrons. The second-order valence-electron chi connectivity index (χ2n) is 9.10. The van der Waals surface area contributed by atoms with Gasteiger partial charge in [0.2, 0.25) is 0 Å². The van der Waals surface area contributed by atoms with Crippen LogP contribution < -0.4 is 4.90 Å². The minimum atomic E-state index is 0.434. The van der Waals surface area contributed by atoms with Crippen molar-refractivity contribution < 1.29 is 4.79 Å². The first-order valence-electron chi connectivity index (χ1n) is 12.3. The van der Waals surface area contributed by atoms with E-state index in [2.05, 4.69) is 68.4 Å². The molecular formula is C28H43NO. The minimum absolute atomic E-state index is 0.434. The number of Topliss-reactive ketones (excluding diaryl/α,β-unsaturated/α-hetero) is 1. The summed E-state index contributed by atoms with van der Waals surface area (Å²) < 4.78 is 0. The summed E-state index contributed by atoms with van der Waals surface area (Å²) in [6.07, 6.45) is 16.6. The van der Waals surface area contributed by atoms with Crippen molar-refractivity contribution in [1.82, 2.24) is 0 Å². The van der Waals surface area contributed by atoms with Gasteiger partial charge in [-0.15, -0.1) is 0 Å². The summed E-state index contributed by atoms with van der Waals surface area (Å²) in [6, 6.07) is 14.9. The van der Waals surface area contributed by atoms with Crippen LogP contribution in [-0.4, -0.2) is 19.9 Å². The van der Waals surface area contributed by atoms with Gasteiger partial charge >= 0.3 is 0 Å². The Balaban J connectivity index is 0.000000220. The van der Waals surface area contributed by atoms with E-state index < -0.39 is 0 Å². The van der Waals surface area contributed by atoms with Crippen LogP contribution in [0, 0.1) is 5.92 Å². The fourth-order valence-corrected chi connectivity index (χ4v) is 4.34. The summed E-state index contributed by atoms with van der Waals surface area (Å²) in [5, 5.41) is 2.60. The summed E-state index contributed by atoms with van der Waals surface area (Å²) in [6.45, 7) is 2.27. The molecule has 1 atom stereocenters. The fraction of sp³-hybridized carbons (Fsp3) is 0.607. The second-order valence-corrected chi connectivity index (χ2v) is 9.10. The highest BCUT2D eigenvalue weighted by atomic mass is 16.1. The third-order valence-corrected chi connectivity index (χ3v) is 6.34. The largest absolute Gasteiger partial charge is 0.378 e. The summed E-state index contributed by atoms with van der Waals surface area (Å²) in [5.74, 6) is 0.989. The molecule has 2 heteroatoms.